The Morgan fingerprint density at radius 3 is 2.56 bits per heavy atom. The lowest BCUT2D eigenvalue weighted by Gasteiger charge is -2.12. The number of benzene rings is 1. The van der Waals surface area contributed by atoms with Crippen LogP contribution in [0.25, 0.3) is 6.08 Å². The Bertz CT molecular complexity index is 739. The second-order valence-corrected chi connectivity index (χ2v) is 7.50. The van der Waals surface area contributed by atoms with Crippen molar-refractivity contribution in [1.82, 2.24) is 10.0 Å². The average Bonchev–Trinajstić information content (AvgIpc) is 3.03. The predicted molar refractivity (Wildman–Crippen MR) is 87.1 cm³/mol. The lowest BCUT2D eigenvalue weighted by atomic mass is 10.2. The second-order valence-electron chi connectivity index (χ2n) is 5.79. The molecule has 0 bridgehead atoms. The Kier molecular flexibility index (Phi) is 6.23. The summed E-state index contributed by atoms with van der Waals surface area (Å²) in [5.74, 6) is -2.02. The molecule has 2 N–H and O–H groups in total. The van der Waals surface area contributed by atoms with Gasteiger partial charge in [-0.25, -0.2) is 13.1 Å². The zero-order chi connectivity index (χ0) is 18.5. The average molecular weight is 376 g/mol. The minimum Gasteiger partial charge on any atom is -0.345 e. The highest BCUT2D eigenvalue weighted by atomic mass is 32.2. The van der Waals surface area contributed by atoms with Crippen molar-refractivity contribution in [3.05, 3.63) is 35.9 Å². The van der Waals surface area contributed by atoms with E-state index < -0.39 is 22.1 Å². The largest absolute Gasteiger partial charge is 0.471 e. The van der Waals surface area contributed by atoms with Gasteiger partial charge in [0.1, 0.15) is 0 Å². The topological polar surface area (TPSA) is 75.3 Å². The fraction of sp³-hybridized carbons (Fsp3) is 0.438. The summed E-state index contributed by atoms with van der Waals surface area (Å²) >= 11 is 0. The van der Waals surface area contributed by atoms with Gasteiger partial charge in [-0.2, -0.15) is 13.2 Å². The van der Waals surface area contributed by atoms with Crippen LogP contribution in [-0.2, 0) is 14.8 Å². The highest BCUT2D eigenvalue weighted by Crippen LogP contribution is 2.21. The lowest BCUT2D eigenvalue weighted by molar-refractivity contribution is -0.173. The quantitative estimate of drug-likeness (QED) is 0.801. The fourth-order valence-electron chi connectivity index (χ4n) is 2.56. The van der Waals surface area contributed by atoms with Crippen molar-refractivity contribution >= 4 is 22.0 Å². The highest BCUT2D eigenvalue weighted by Gasteiger charge is 2.37. The predicted octanol–water partition coefficient (Wildman–Crippen LogP) is 2.60. The number of halogens is 3. The third-order valence-electron chi connectivity index (χ3n) is 3.79. The molecule has 138 valence electrons. The SMILES string of the molecule is O=C(NCC=Cc1cccc(S(=O)(=O)NC2CCCC2)c1)C(F)(F)F. The summed E-state index contributed by atoms with van der Waals surface area (Å²) in [4.78, 5) is 10.8. The number of sulfonamides is 1. The zero-order valence-electron chi connectivity index (χ0n) is 13.3. The van der Waals surface area contributed by atoms with Crippen LogP contribution in [0.4, 0.5) is 13.2 Å². The van der Waals surface area contributed by atoms with E-state index in [1.807, 2.05) is 0 Å². The van der Waals surface area contributed by atoms with E-state index in [0.29, 0.717) is 5.56 Å². The molecule has 2 rings (SSSR count). The number of nitrogens with one attached hydrogen (secondary N) is 2. The maximum atomic E-state index is 12.4. The number of carbonyl (C=O) groups excluding carboxylic acids is 1. The van der Waals surface area contributed by atoms with Crippen LogP contribution in [0, 0.1) is 0 Å². The van der Waals surface area contributed by atoms with E-state index in [2.05, 4.69) is 4.72 Å². The van der Waals surface area contributed by atoms with Crippen LogP contribution < -0.4 is 10.0 Å². The third-order valence-corrected chi connectivity index (χ3v) is 5.31. The molecule has 0 aliphatic heterocycles. The number of amides is 1. The molecule has 0 unspecified atom stereocenters. The van der Waals surface area contributed by atoms with Crippen molar-refractivity contribution < 1.29 is 26.4 Å². The third kappa shape index (κ3) is 5.86. The van der Waals surface area contributed by atoms with E-state index in [1.165, 1.54) is 24.3 Å². The van der Waals surface area contributed by atoms with Crippen molar-refractivity contribution in [2.45, 2.75) is 42.8 Å². The van der Waals surface area contributed by atoms with Crippen molar-refractivity contribution in [3.8, 4) is 0 Å². The standard InChI is InChI=1S/C16H19F3N2O3S/c17-16(18,19)15(22)20-10-4-6-12-5-3-9-14(11-12)25(23,24)21-13-7-1-2-8-13/h3-6,9,11,13,21H,1-2,7-8,10H2,(H,20,22). The first-order chi connectivity index (χ1) is 11.7. The van der Waals surface area contributed by atoms with Crippen LogP contribution in [-0.4, -0.2) is 33.1 Å². The summed E-state index contributed by atoms with van der Waals surface area (Å²) < 4.78 is 63.5. The van der Waals surface area contributed by atoms with E-state index in [4.69, 9.17) is 0 Å². The molecule has 0 radical (unpaired) electrons. The van der Waals surface area contributed by atoms with Crippen LogP contribution in [0.2, 0.25) is 0 Å². The number of hydrogen-bond acceptors (Lipinski definition) is 3. The molecule has 1 aromatic carbocycles. The molecular formula is C16H19F3N2O3S. The molecule has 9 heteroatoms. The van der Waals surface area contributed by atoms with Crippen LogP contribution in [0.5, 0.6) is 0 Å². The molecular weight excluding hydrogens is 357 g/mol. The smallest absolute Gasteiger partial charge is 0.345 e. The van der Waals surface area contributed by atoms with Crippen molar-refractivity contribution in [1.29, 1.82) is 0 Å². The zero-order valence-corrected chi connectivity index (χ0v) is 14.2. The van der Waals surface area contributed by atoms with E-state index in [1.54, 1.807) is 17.4 Å². The summed E-state index contributed by atoms with van der Waals surface area (Å²) in [6.07, 6.45) is 1.48. The molecule has 1 aliphatic carbocycles. The molecule has 0 saturated heterocycles. The Hall–Kier alpha value is -1.87. The van der Waals surface area contributed by atoms with Gasteiger partial charge in [-0.15, -0.1) is 0 Å². The molecule has 1 aromatic rings. The monoisotopic (exact) mass is 376 g/mol. The molecule has 1 amide bonds. The van der Waals surface area contributed by atoms with Gasteiger partial charge in [0, 0.05) is 12.6 Å². The van der Waals surface area contributed by atoms with Crippen molar-refractivity contribution in [2.75, 3.05) is 6.54 Å². The van der Waals surface area contributed by atoms with Crippen molar-refractivity contribution in [2.24, 2.45) is 0 Å². The van der Waals surface area contributed by atoms with Gasteiger partial charge in [0.25, 0.3) is 0 Å². The minimum atomic E-state index is -4.92. The second kappa shape index (κ2) is 8.01. The van der Waals surface area contributed by atoms with E-state index in [0.717, 1.165) is 25.7 Å². The van der Waals surface area contributed by atoms with Gasteiger partial charge in [0.15, 0.2) is 0 Å². The molecule has 1 aliphatic rings. The number of carbonyl (C=O) groups is 1. The molecule has 0 atom stereocenters. The summed E-state index contributed by atoms with van der Waals surface area (Å²) in [5, 5.41) is 1.70. The van der Waals surface area contributed by atoms with Gasteiger partial charge >= 0.3 is 12.1 Å². The molecule has 25 heavy (non-hydrogen) atoms. The van der Waals surface area contributed by atoms with Crippen LogP contribution in [0.15, 0.2) is 35.2 Å². The Labute approximate surface area is 144 Å². The fourth-order valence-corrected chi connectivity index (χ4v) is 3.92. The number of rotatable bonds is 6. The molecule has 1 saturated carbocycles. The highest BCUT2D eigenvalue weighted by molar-refractivity contribution is 7.89. The van der Waals surface area contributed by atoms with Gasteiger partial charge in [-0.3, -0.25) is 4.79 Å². The van der Waals surface area contributed by atoms with Crippen LogP contribution in [0.3, 0.4) is 0 Å². The Balaban J connectivity index is 1.98. The molecule has 5 nitrogen and oxygen atoms in total. The molecule has 0 heterocycles. The minimum absolute atomic E-state index is 0.0539. The van der Waals surface area contributed by atoms with E-state index in [-0.39, 0.29) is 17.5 Å². The molecule has 0 aromatic heterocycles. The summed E-state index contributed by atoms with van der Waals surface area (Å²) in [7, 11) is -3.63. The van der Waals surface area contributed by atoms with E-state index in [9.17, 15) is 26.4 Å². The van der Waals surface area contributed by atoms with Crippen molar-refractivity contribution in [3.63, 3.8) is 0 Å². The summed E-state index contributed by atoms with van der Waals surface area (Å²) in [5.41, 5.74) is 0.510. The first-order valence-electron chi connectivity index (χ1n) is 7.82. The Morgan fingerprint density at radius 1 is 1.24 bits per heavy atom. The van der Waals surface area contributed by atoms with Gasteiger partial charge in [-0.1, -0.05) is 37.1 Å². The molecule has 1 fully saturated rings. The van der Waals surface area contributed by atoms with E-state index >= 15 is 0 Å². The Morgan fingerprint density at radius 2 is 1.92 bits per heavy atom. The maximum Gasteiger partial charge on any atom is 0.471 e. The van der Waals surface area contributed by atoms with Gasteiger partial charge in [0.05, 0.1) is 4.90 Å². The van der Waals surface area contributed by atoms with Gasteiger partial charge in [-0.05, 0) is 30.5 Å². The first kappa shape index (κ1) is 19.5. The number of alkyl halides is 3. The van der Waals surface area contributed by atoms with Gasteiger partial charge in [0.2, 0.25) is 10.0 Å². The van der Waals surface area contributed by atoms with Crippen LogP contribution >= 0.6 is 0 Å². The number of hydrogen-bond donors (Lipinski definition) is 2. The lowest BCUT2D eigenvalue weighted by Crippen LogP contribution is -2.36. The van der Waals surface area contributed by atoms with Gasteiger partial charge < -0.3 is 5.32 Å². The normalized spacial score (nSPS) is 16.4. The summed E-state index contributed by atoms with van der Waals surface area (Å²) in [6.45, 7) is -0.310. The summed E-state index contributed by atoms with van der Waals surface area (Å²) in [6, 6.07) is 6.01. The van der Waals surface area contributed by atoms with Crippen LogP contribution in [0.1, 0.15) is 31.2 Å². The maximum absolute atomic E-state index is 12.4. The molecule has 0 spiro atoms. The first-order valence-corrected chi connectivity index (χ1v) is 9.31.